The maximum Gasteiger partial charge on any atom is 0.174 e. The second-order valence-electron chi connectivity index (χ2n) is 4.12. The average Bonchev–Trinajstić information content (AvgIpc) is 2.78. The number of ketones is 1. The van der Waals surface area contributed by atoms with Crippen LogP contribution in [0.3, 0.4) is 0 Å². The second-order valence-corrected chi connectivity index (χ2v) is 5.17. The summed E-state index contributed by atoms with van der Waals surface area (Å²) >= 11 is 1.31. The number of carbonyl (C=O) groups excluding carboxylic acids is 1. The van der Waals surface area contributed by atoms with Gasteiger partial charge in [-0.05, 0) is 12.1 Å². The SMILES string of the molecule is CCC(=O)c1sc(NCc2ccccc2F)cc1N. The molecular weight excluding hydrogens is 263 g/mol. The molecule has 0 unspecified atom stereocenters. The lowest BCUT2D eigenvalue weighted by Crippen LogP contribution is -1.99. The monoisotopic (exact) mass is 278 g/mol. The van der Waals surface area contributed by atoms with Crippen molar-refractivity contribution in [1.29, 1.82) is 0 Å². The minimum Gasteiger partial charge on any atom is -0.397 e. The van der Waals surface area contributed by atoms with E-state index >= 15 is 0 Å². The Morgan fingerprint density at radius 1 is 1.42 bits per heavy atom. The maximum absolute atomic E-state index is 13.4. The lowest BCUT2D eigenvalue weighted by molar-refractivity contribution is 0.0993. The molecule has 0 atom stereocenters. The molecule has 2 rings (SSSR count). The van der Waals surface area contributed by atoms with Crippen LogP contribution >= 0.6 is 11.3 Å². The van der Waals surface area contributed by atoms with Crippen LogP contribution in [0.4, 0.5) is 15.1 Å². The number of carbonyl (C=O) groups is 1. The molecule has 2 aromatic rings. The molecule has 19 heavy (non-hydrogen) atoms. The van der Waals surface area contributed by atoms with Gasteiger partial charge in [0.25, 0.3) is 0 Å². The van der Waals surface area contributed by atoms with E-state index in [4.69, 9.17) is 5.73 Å². The molecular formula is C14H15FN2OS. The number of nitrogen functional groups attached to an aromatic ring is 1. The highest BCUT2D eigenvalue weighted by molar-refractivity contribution is 7.18. The zero-order valence-electron chi connectivity index (χ0n) is 10.6. The standard InChI is InChI=1S/C14H15FN2OS/c1-2-12(18)14-11(16)7-13(19-14)17-8-9-5-3-4-6-10(9)15/h3-7,17H,2,8,16H2,1H3. The first kappa shape index (κ1) is 13.5. The normalized spacial score (nSPS) is 10.4. The smallest absolute Gasteiger partial charge is 0.174 e. The molecule has 0 fully saturated rings. The molecule has 100 valence electrons. The molecule has 0 aliphatic rings. The molecule has 0 aliphatic carbocycles. The number of halogens is 1. The molecule has 0 aliphatic heterocycles. The van der Waals surface area contributed by atoms with E-state index in [1.165, 1.54) is 17.4 Å². The highest BCUT2D eigenvalue weighted by Crippen LogP contribution is 2.30. The molecule has 0 bridgehead atoms. The van der Waals surface area contributed by atoms with Crippen LogP contribution in [0.25, 0.3) is 0 Å². The summed E-state index contributed by atoms with van der Waals surface area (Å²) in [7, 11) is 0. The summed E-state index contributed by atoms with van der Waals surface area (Å²) in [6, 6.07) is 8.30. The van der Waals surface area contributed by atoms with Crippen molar-refractivity contribution in [3.8, 4) is 0 Å². The molecule has 1 aromatic heterocycles. The van der Waals surface area contributed by atoms with Gasteiger partial charge >= 0.3 is 0 Å². The van der Waals surface area contributed by atoms with Crippen molar-refractivity contribution in [2.75, 3.05) is 11.1 Å². The third kappa shape index (κ3) is 3.12. The van der Waals surface area contributed by atoms with Gasteiger partial charge in [0.1, 0.15) is 5.82 Å². The summed E-state index contributed by atoms with van der Waals surface area (Å²) in [6.45, 7) is 2.17. The summed E-state index contributed by atoms with van der Waals surface area (Å²) in [4.78, 5) is 12.2. The Labute approximate surface area is 115 Å². The van der Waals surface area contributed by atoms with E-state index in [-0.39, 0.29) is 11.6 Å². The number of nitrogens with two attached hydrogens (primary N) is 1. The van der Waals surface area contributed by atoms with E-state index in [1.807, 2.05) is 0 Å². The third-order valence-corrected chi connectivity index (χ3v) is 3.90. The number of hydrogen-bond acceptors (Lipinski definition) is 4. The van der Waals surface area contributed by atoms with Crippen LogP contribution in [0.1, 0.15) is 28.6 Å². The number of benzene rings is 1. The number of anilines is 2. The van der Waals surface area contributed by atoms with Gasteiger partial charge in [-0.15, -0.1) is 11.3 Å². The third-order valence-electron chi connectivity index (χ3n) is 2.75. The Hall–Kier alpha value is -1.88. The fourth-order valence-electron chi connectivity index (χ4n) is 1.69. The van der Waals surface area contributed by atoms with Crippen molar-refractivity contribution < 1.29 is 9.18 Å². The van der Waals surface area contributed by atoms with Crippen LogP contribution in [0.15, 0.2) is 30.3 Å². The molecule has 0 amide bonds. The Morgan fingerprint density at radius 2 is 2.16 bits per heavy atom. The molecule has 1 heterocycles. The van der Waals surface area contributed by atoms with E-state index in [0.717, 1.165) is 5.00 Å². The number of Topliss-reactive ketones (excluding diaryl/α,β-unsaturated/α-hetero) is 1. The Balaban J connectivity index is 2.09. The minimum atomic E-state index is -0.246. The number of nitrogens with one attached hydrogen (secondary N) is 1. The van der Waals surface area contributed by atoms with Gasteiger partial charge in [0.15, 0.2) is 5.78 Å². The minimum absolute atomic E-state index is 0.0291. The molecule has 5 heteroatoms. The van der Waals surface area contributed by atoms with E-state index < -0.39 is 0 Å². The Morgan fingerprint density at radius 3 is 2.84 bits per heavy atom. The predicted octanol–water partition coefficient (Wildman–Crippen LogP) is 3.67. The fourth-order valence-corrected chi connectivity index (χ4v) is 2.68. The highest BCUT2D eigenvalue weighted by atomic mass is 32.1. The van der Waals surface area contributed by atoms with Crippen molar-refractivity contribution >= 4 is 27.8 Å². The molecule has 1 aromatic carbocycles. The first-order valence-corrected chi connectivity index (χ1v) is 6.83. The van der Waals surface area contributed by atoms with Gasteiger partial charge in [-0.2, -0.15) is 0 Å². The molecule has 0 radical (unpaired) electrons. The lowest BCUT2D eigenvalue weighted by Gasteiger charge is -2.04. The highest BCUT2D eigenvalue weighted by Gasteiger charge is 2.12. The van der Waals surface area contributed by atoms with E-state index in [0.29, 0.717) is 29.1 Å². The summed E-state index contributed by atoms with van der Waals surface area (Å²) < 4.78 is 13.4. The van der Waals surface area contributed by atoms with Gasteiger partial charge in [-0.1, -0.05) is 25.1 Å². The number of rotatable bonds is 5. The van der Waals surface area contributed by atoms with Crippen molar-refractivity contribution in [3.05, 3.63) is 46.6 Å². The van der Waals surface area contributed by atoms with Crippen molar-refractivity contribution in [2.24, 2.45) is 0 Å². The topological polar surface area (TPSA) is 55.1 Å². The molecule has 0 saturated carbocycles. The van der Waals surface area contributed by atoms with Crippen molar-refractivity contribution in [1.82, 2.24) is 0 Å². The fraction of sp³-hybridized carbons (Fsp3) is 0.214. The molecule has 3 nitrogen and oxygen atoms in total. The van der Waals surface area contributed by atoms with Gasteiger partial charge in [0, 0.05) is 18.5 Å². The zero-order chi connectivity index (χ0) is 13.8. The van der Waals surface area contributed by atoms with Gasteiger partial charge in [-0.25, -0.2) is 4.39 Å². The Kier molecular flexibility index (Phi) is 4.16. The van der Waals surface area contributed by atoms with Crippen molar-refractivity contribution in [2.45, 2.75) is 19.9 Å². The quantitative estimate of drug-likeness (QED) is 0.820. The predicted molar refractivity (Wildman–Crippen MR) is 77.1 cm³/mol. The second kappa shape index (κ2) is 5.84. The van der Waals surface area contributed by atoms with Crippen LogP contribution in [-0.2, 0) is 6.54 Å². The first-order chi connectivity index (χ1) is 9.11. The average molecular weight is 278 g/mol. The van der Waals surface area contributed by atoms with Crippen LogP contribution in [0.2, 0.25) is 0 Å². The molecule has 0 saturated heterocycles. The van der Waals surface area contributed by atoms with Gasteiger partial charge in [0.2, 0.25) is 0 Å². The van der Waals surface area contributed by atoms with Crippen LogP contribution in [-0.4, -0.2) is 5.78 Å². The molecule has 3 N–H and O–H groups in total. The van der Waals surface area contributed by atoms with Gasteiger partial charge in [0.05, 0.1) is 15.6 Å². The van der Waals surface area contributed by atoms with Gasteiger partial charge in [-0.3, -0.25) is 4.79 Å². The summed E-state index contributed by atoms with van der Waals surface area (Å²) in [5.74, 6) is -0.217. The van der Waals surface area contributed by atoms with E-state index in [2.05, 4.69) is 5.32 Å². The zero-order valence-corrected chi connectivity index (χ0v) is 11.4. The summed E-state index contributed by atoms with van der Waals surface area (Å²) in [5, 5.41) is 3.86. The summed E-state index contributed by atoms with van der Waals surface area (Å²) in [5.41, 5.74) is 6.85. The molecule has 0 spiro atoms. The number of thiophene rings is 1. The van der Waals surface area contributed by atoms with Crippen LogP contribution in [0, 0.1) is 5.82 Å². The van der Waals surface area contributed by atoms with Gasteiger partial charge < -0.3 is 11.1 Å². The van der Waals surface area contributed by atoms with Crippen LogP contribution < -0.4 is 11.1 Å². The first-order valence-electron chi connectivity index (χ1n) is 6.01. The maximum atomic E-state index is 13.4. The van der Waals surface area contributed by atoms with E-state index in [1.54, 1.807) is 31.2 Å². The van der Waals surface area contributed by atoms with E-state index in [9.17, 15) is 9.18 Å². The van der Waals surface area contributed by atoms with Crippen molar-refractivity contribution in [3.63, 3.8) is 0 Å². The number of hydrogen-bond donors (Lipinski definition) is 2. The summed E-state index contributed by atoms with van der Waals surface area (Å²) in [6.07, 6.45) is 0.428. The van der Waals surface area contributed by atoms with Crippen LogP contribution in [0.5, 0.6) is 0 Å². The largest absolute Gasteiger partial charge is 0.397 e. The lowest BCUT2D eigenvalue weighted by atomic mass is 10.2. The Bertz CT molecular complexity index is 595.